The van der Waals surface area contributed by atoms with Gasteiger partial charge in [0.1, 0.15) is 5.82 Å². The summed E-state index contributed by atoms with van der Waals surface area (Å²) in [6, 6.07) is 9.14. The van der Waals surface area contributed by atoms with E-state index in [0.29, 0.717) is 32.4 Å². The molecule has 0 spiro atoms. The molecule has 2 aromatic carbocycles. The molecule has 0 bridgehead atoms. The number of rotatable bonds is 1. The molecule has 100 valence electrons. The van der Waals surface area contributed by atoms with Crippen molar-refractivity contribution < 1.29 is 9.18 Å². The maximum absolute atomic E-state index is 13.3. The van der Waals surface area contributed by atoms with Crippen LogP contribution in [0, 0.1) is 5.82 Å². The summed E-state index contributed by atoms with van der Waals surface area (Å²) in [6.07, 6.45) is 1.62. The molecule has 5 heteroatoms. The van der Waals surface area contributed by atoms with Gasteiger partial charge in [-0.15, -0.1) is 0 Å². The van der Waals surface area contributed by atoms with Crippen molar-refractivity contribution in [3.05, 3.63) is 63.4 Å². The van der Waals surface area contributed by atoms with Crippen LogP contribution in [-0.4, -0.2) is 5.91 Å². The molecular weight excluding hydrogens is 300 g/mol. The van der Waals surface area contributed by atoms with Crippen LogP contribution >= 0.6 is 23.2 Å². The SMILES string of the molecule is O=C1Nc2ccc(F)cc2/C1=C/c1ccc(Cl)cc1Cl. The number of benzene rings is 2. The van der Waals surface area contributed by atoms with Crippen LogP contribution in [0.2, 0.25) is 10.0 Å². The largest absolute Gasteiger partial charge is 0.321 e. The average molecular weight is 308 g/mol. The fraction of sp³-hybridized carbons (Fsp3) is 0. The molecule has 1 heterocycles. The van der Waals surface area contributed by atoms with Gasteiger partial charge in [0, 0.05) is 26.9 Å². The summed E-state index contributed by atoms with van der Waals surface area (Å²) in [4.78, 5) is 12.0. The van der Waals surface area contributed by atoms with Crippen LogP contribution < -0.4 is 5.32 Å². The molecule has 2 aromatic rings. The minimum atomic E-state index is -0.395. The van der Waals surface area contributed by atoms with Gasteiger partial charge >= 0.3 is 0 Å². The molecule has 1 aliphatic heterocycles. The molecule has 2 nitrogen and oxygen atoms in total. The van der Waals surface area contributed by atoms with Gasteiger partial charge < -0.3 is 5.32 Å². The Morgan fingerprint density at radius 3 is 2.65 bits per heavy atom. The lowest BCUT2D eigenvalue weighted by Crippen LogP contribution is -2.03. The smallest absolute Gasteiger partial charge is 0.256 e. The summed E-state index contributed by atoms with van der Waals surface area (Å²) >= 11 is 11.9. The molecule has 1 amide bonds. The Bertz CT molecular complexity index is 756. The Kier molecular flexibility index (Phi) is 3.24. The maximum atomic E-state index is 13.3. The van der Waals surface area contributed by atoms with E-state index in [-0.39, 0.29) is 5.91 Å². The maximum Gasteiger partial charge on any atom is 0.256 e. The van der Waals surface area contributed by atoms with Crippen molar-refractivity contribution in [1.29, 1.82) is 0 Å². The van der Waals surface area contributed by atoms with E-state index in [1.165, 1.54) is 18.2 Å². The number of amides is 1. The lowest BCUT2D eigenvalue weighted by atomic mass is 10.0. The number of halogens is 3. The second-order valence-electron chi connectivity index (χ2n) is 4.37. The lowest BCUT2D eigenvalue weighted by Gasteiger charge is -2.02. The zero-order chi connectivity index (χ0) is 14.3. The van der Waals surface area contributed by atoms with Crippen LogP contribution in [0.15, 0.2) is 36.4 Å². The predicted octanol–water partition coefficient (Wildman–Crippen LogP) is 4.63. The first-order valence-electron chi connectivity index (χ1n) is 5.82. The Balaban J connectivity index is 2.13. The highest BCUT2D eigenvalue weighted by Crippen LogP contribution is 2.34. The van der Waals surface area contributed by atoms with E-state index >= 15 is 0 Å². The first-order valence-corrected chi connectivity index (χ1v) is 6.58. The summed E-state index contributed by atoms with van der Waals surface area (Å²) in [5, 5.41) is 3.63. The fourth-order valence-electron chi connectivity index (χ4n) is 2.08. The number of fused-ring (bicyclic) bond motifs is 1. The monoisotopic (exact) mass is 307 g/mol. The molecule has 0 unspecified atom stereocenters. The van der Waals surface area contributed by atoms with E-state index in [2.05, 4.69) is 5.32 Å². The van der Waals surface area contributed by atoms with E-state index in [4.69, 9.17) is 23.2 Å². The molecule has 1 aliphatic rings. The minimum absolute atomic E-state index is 0.281. The molecule has 0 atom stereocenters. The van der Waals surface area contributed by atoms with E-state index in [1.54, 1.807) is 24.3 Å². The molecule has 0 fully saturated rings. The highest BCUT2D eigenvalue weighted by molar-refractivity contribution is 6.38. The Morgan fingerprint density at radius 2 is 1.90 bits per heavy atom. The number of hydrogen-bond acceptors (Lipinski definition) is 1. The Hall–Kier alpha value is -1.84. The van der Waals surface area contributed by atoms with Crippen LogP contribution in [0.5, 0.6) is 0 Å². The quantitative estimate of drug-likeness (QED) is 0.765. The zero-order valence-electron chi connectivity index (χ0n) is 10.1. The van der Waals surface area contributed by atoms with Gasteiger partial charge in [0.25, 0.3) is 5.91 Å². The molecule has 0 aliphatic carbocycles. The van der Waals surface area contributed by atoms with Crippen molar-refractivity contribution in [3.8, 4) is 0 Å². The number of carbonyl (C=O) groups is 1. The third kappa shape index (κ3) is 2.30. The Labute approximate surface area is 124 Å². The number of anilines is 1. The van der Waals surface area contributed by atoms with Gasteiger partial charge in [0.15, 0.2) is 0 Å². The van der Waals surface area contributed by atoms with Crippen molar-refractivity contribution in [1.82, 2.24) is 0 Å². The van der Waals surface area contributed by atoms with E-state index < -0.39 is 5.82 Å². The van der Waals surface area contributed by atoms with Gasteiger partial charge in [-0.25, -0.2) is 4.39 Å². The minimum Gasteiger partial charge on any atom is -0.321 e. The van der Waals surface area contributed by atoms with Crippen LogP contribution in [0.4, 0.5) is 10.1 Å². The van der Waals surface area contributed by atoms with Crippen molar-refractivity contribution in [2.45, 2.75) is 0 Å². The number of nitrogens with one attached hydrogen (secondary N) is 1. The molecule has 0 aromatic heterocycles. The second kappa shape index (κ2) is 4.93. The van der Waals surface area contributed by atoms with Gasteiger partial charge in [-0.05, 0) is 42.0 Å². The second-order valence-corrected chi connectivity index (χ2v) is 5.21. The molecule has 1 N–H and O–H groups in total. The highest BCUT2D eigenvalue weighted by atomic mass is 35.5. The summed E-state index contributed by atoms with van der Waals surface area (Å²) < 4.78 is 13.3. The van der Waals surface area contributed by atoms with Crippen LogP contribution in [0.1, 0.15) is 11.1 Å². The van der Waals surface area contributed by atoms with Gasteiger partial charge in [-0.2, -0.15) is 0 Å². The molecule has 0 saturated carbocycles. The van der Waals surface area contributed by atoms with Crippen LogP contribution in [0.3, 0.4) is 0 Å². The van der Waals surface area contributed by atoms with Crippen molar-refractivity contribution in [2.24, 2.45) is 0 Å². The standard InChI is InChI=1S/C15H8Cl2FNO/c16-9-2-1-8(13(17)6-9)5-12-11-7-10(18)3-4-14(11)19-15(12)20/h1-7H,(H,19,20)/b12-5-. The zero-order valence-corrected chi connectivity index (χ0v) is 11.6. The fourth-order valence-corrected chi connectivity index (χ4v) is 2.54. The highest BCUT2D eigenvalue weighted by Gasteiger charge is 2.24. The van der Waals surface area contributed by atoms with E-state index in [1.807, 2.05) is 0 Å². The summed E-state index contributed by atoms with van der Waals surface area (Å²) in [5.74, 6) is -0.676. The average Bonchev–Trinajstić information content (AvgIpc) is 2.69. The molecule has 3 rings (SSSR count). The summed E-state index contributed by atoms with van der Waals surface area (Å²) in [5.41, 5.74) is 2.15. The predicted molar refractivity (Wildman–Crippen MR) is 79.4 cm³/mol. The van der Waals surface area contributed by atoms with Crippen LogP contribution in [0.25, 0.3) is 11.6 Å². The topological polar surface area (TPSA) is 29.1 Å². The molecule has 0 radical (unpaired) electrons. The molecular formula is C15H8Cl2FNO. The van der Waals surface area contributed by atoms with Gasteiger partial charge in [0.2, 0.25) is 0 Å². The number of carbonyl (C=O) groups excluding carboxylic acids is 1. The first-order chi connectivity index (χ1) is 9.54. The van der Waals surface area contributed by atoms with Gasteiger partial charge in [-0.3, -0.25) is 4.79 Å². The number of hydrogen-bond donors (Lipinski definition) is 1. The van der Waals surface area contributed by atoms with Gasteiger partial charge in [-0.1, -0.05) is 29.3 Å². The van der Waals surface area contributed by atoms with Gasteiger partial charge in [0.05, 0.1) is 0 Å². The lowest BCUT2D eigenvalue weighted by molar-refractivity contribution is -0.110. The molecule has 0 saturated heterocycles. The van der Waals surface area contributed by atoms with E-state index in [9.17, 15) is 9.18 Å². The van der Waals surface area contributed by atoms with E-state index in [0.717, 1.165) is 0 Å². The Morgan fingerprint density at radius 1 is 1.10 bits per heavy atom. The van der Waals surface area contributed by atoms with Crippen molar-refractivity contribution in [3.63, 3.8) is 0 Å². The molecule has 20 heavy (non-hydrogen) atoms. The summed E-state index contributed by atoms with van der Waals surface area (Å²) in [6.45, 7) is 0. The third-order valence-corrected chi connectivity index (χ3v) is 3.59. The van der Waals surface area contributed by atoms with Crippen LogP contribution in [-0.2, 0) is 4.79 Å². The third-order valence-electron chi connectivity index (χ3n) is 3.03. The first kappa shape index (κ1) is 13.2. The normalized spacial score (nSPS) is 15.3. The summed E-state index contributed by atoms with van der Waals surface area (Å²) in [7, 11) is 0. The van der Waals surface area contributed by atoms with Crippen molar-refractivity contribution in [2.75, 3.05) is 5.32 Å². The van der Waals surface area contributed by atoms with Crippen molar-refractivity contribution >= 4 is 46.4 Å².